The monoisotopic (exact) mass is 340 g/mol. The summed E-state index contributed by atoms with van der Waals surface area (Å²) in [5.41, 5.74) is 6.93. The highest BCUT2D eigenvalue weighted by Gasteiger charge is 2.13. The number of pyridine rings is 2. The number of hydrogen-bond donors (Lipinski definition) is 2. The van der Waals surface area contributed by atoms with Crippen molar-refractivity contribution >= 4 is 44.9 Å². The number of nitrogens with two attached hydrogens (primary N) is 1. The van der Waals surface area contributed by atoms with E-state index in [9.17, 15) is 4.79 Å². The Morgan fingerprint density at radius 3 is 2.89 bits per heavy atom. The number of amides is 1. The van der Waals surface area contributed by atoms with Crippen molar-refractivity contribution in [2.75, 3.05) is 11.1 Å². The maximum atomic E-state index is 12.0. The lowest BCUT2D eigenvalue weighted by Gasteiger charge is -2.07. The molecule has 0 saturated carbocycles. The van der Waals surface area contributed by atoms with E-state index in [0.717, 1.165) is 10.2 Å². The molecule has 0 bridgehead atoms. The first-order valence-electron chi connectivity index (χ1n) is 5.33. The highest BCUT2D eigenvalue weighted by molar-refractivity contribution is 9.10. The van der Waals surface area contributed by atoms with Gasteiger partial charge in [-0.05, 0) is 41.1 Å². The largest absolute Gasteiger partial charge is 0.397 e. The number of carbonyl (C=O) groups excluding carboxylic acids is 1. The molecule has 19 heavy (non-hydrogen) atoms. The summed E-state index contributed by atoms with van der Waals surface area (Å²) < 4.78 is 0.870. The van der Waals surface area contributed by atoms with Gasteiger partial charge in [-0.15, -0.1) is 0 Å². The van der Waals surface area contributed by atoms with Crippen LogP contribution < -0.4 is 11.1 Å². The van der Waals surface area contributed by atoms with Gasteiger partial charge in [0, 0.05) is 4.47 Å². The lowest BCUT2D eigenvalue weighted by atomic mass is 10.2. The Morgan fingerprint density at radius 1 is 1.47 bits per heavy atom. The van der Waals surface area contributed by atoms with Crippen molar-refractivity contribution < 1.29 is 4.79 Å². The van der Waals surface area contributed by atoms with E-state index in [1.807, 2.05) is 6.92 Å². The van der Waals surface area contributed by atoms with Crippen LogP contribution in [0.4, 0.5) is 11.5 Å². The van der Waals surface area contributed by atoms with Crippen molar-refractivity contribution in [2.45, 2.75) is 6.92 Å². The maximum absolute atomic E-state index is 12.0. The number of nitrogens with one attached hydrogen (secondary N) is 1. The second-order valence-corrected chi connectivity index (χ2v) is 5.04. The fourth-order valence-electron chi connectivity index (χ4n) is 1.42. The van der Waals surface area contributed by atoms with Crippen LogP contribution in [0.1, 0.15) is 16.1 Å². The summed E-state index contributed by atoms with van der Waals surface area (Å²) in [6, 6.07) is 4.95. The summed E-state index contributed by atoms with van der Waals surface area (Å²) in [4.78, 5) is 20.1. The van der Waals surface area contributed by atoms with Crippen LogP contribution in [0.15, 0.2) is 28.9 Å². The Labute approximate surface area is 123 Å². The summed E-state index contributed by atoms with van der Waals surface area (Å²) in [7, 11) is 0. The van der Waals surface area contributed by atoms with E-state index < -0.39 is 5.91 Å². The quantitative estimate of drug-likeness (QED) is 0.823. The number of rotatable bonds is 2. The third-order valence-electron chi connectivity index (χ3n) is 2.37. The highest BCUT2D eigenvalue weighted by atomic mass is 79.9. The van der Waals surface area contributed by atoms with Gasteiger partial charge in [-0.1, -0.05) is 11.6 Å². The molecular weight excluding hydrogens is 332 g/mol. The van der Waals surface area contributed by atoms with E-state index >= 15 is 0 Å². The molecule has 0 fully saturated rings. The van der Waals surface area contributed by atoms with Crippen molar-refractivity contribution in [2.24, 2.45) is 0 Å². The number of anilines is 2. The molecule has 0 aliphatic carbocycles. The molecule has 0 aromatic carbocycles. The first-order chi connectivity index (χ1) is 8.97. The van der Waals surface area contributed by atoms with Crippen LogP contribution >= 0.6 is 27.5 Å². The third-order valence-corrected chi connectivity index (χ3v) is 3.51. The fourth-order valence-corrected chi connectivity index (χ4v) is 1.83. The van der Waals surface area contributed by atoms with Gasteiger partial charge in [0.15, 0.2) is 0 Å². The Bertz CT molecular complexity index is 648. The van der Waals surface area contributed by atoms with Crippen LogP contribution in [0, 0.1) is 6.92 Å². The molecule has 0 spiro atoms. The predicted molar refractivity (Wildman–Crippen MR) is 78.3 cm³/mol. The Morgan fingerprint density at radius 2 is 2.21 bits per heavy atom. The van der Waals surface area contributed by atoms with E-state index in [1.54, 1.807) is 12.1 Å². The van der Waals surface area contributed by atoms with E-state index in [1.165, 1.54) is 12.3 Å². The minimum absolute atomic E-state index is 0.0977. The number of aromatic nitrogens is 2. The molecule has 0 radical (unpaired) electrons. The fraction of sp³-hybridized carbons (Fsp3) is 0.0833. The van der Waals surface area contributed by atoms with Gasteiger partial charge in [0.05, 0.1) is 23.1 Å². The smallest absolute Gasteiger partial charge is 0.260 e. The second-order valence-electron chi connectivity index (χ2n) is 3.82. The first kappa shape index (κ1) is 13.8. The summed E-state index contributed by atoms with van der Waals surface area (Å²) >= 11 is 9.20. The Hall–Kier alpha value is -1.66. The Balaban J connectivity index is 2.25. The van der Waals surface area contributed by atoms with E-state index in [-0.39, 0.29) is 10.7 Å². The number of carbonyl (C=O) groups is 1. The van der Waals surface area contributed by atoms with Gasteiger partial charge in [-0.3, -0.25) is 4.79 Å². The molecular formula is C12H10BrClN4O. The van der Waals surface area contributed by atoms with Gasteiger partial charge in [0.2, 0.25) is 0 Å². The summed E-state index contributed by atoms with van der Waals surface area (Å²) in [6.45, 7) is 1.83. The second kappa shape index (κ2) is 5.54. The molecule has 98 valence electrons. The SMILES string of the molecule is Cc1nc(NC(=O)c2cc(N)cnc2Cl)ccc1Br. The lowest BCUT2D eigenvalue weighted by molar-refractivity contribution is 0.102. The number of aryl methyl sites for hydroxylation is 1. The van der Waals surface area contributed by atoms with Gasteiger partial charge in [-0.25, -0.2) is 9.97 Å². The number of halogens is 2. The van der Waals surface area contributed by atoms with Crippen LogP contribution in [-0.2, 0) is 0 Å². The van der Waals surface area contributed by atoms with Crippen LogP contribution in [0.3, 0.4) is 0 Å². The number of nitrogen functional groups attached to an aromatic ring is 1. The molecule has 1 amide bonds. The van der Waals surface area contributed by atoms with Gasteiger partial charge in [0.1, 0.15) is 11.0 Å². The van der Waals surface area contributed by atoms with Crippen molar-refractivity contribution in [3.05, 3.63) is 45.3 Å². The van der Waals surface area contributed by atoms with Gasteiger partial charge < -0.3 is 11.1 Å². The molecule has 7 heteroatoms. The zero-order valence-electron chi connectivity index (χ0n) is 9.95. The molecule has 2 rings (SSSR count). The molecule has 2 heterocycles. The zero-order chi connectivity index (χ0) is 14.0. The molecule has 0 atom stereocenters. The summed E-state index contributed by atoms with van der Waals surface area (Å²) in [5.74, 6) is 0.0308. The molecule has 2 aromatic rings. The lowest BCUT2D eigenvalue weighted by Crippen LogP contribution is -2.14. The van der Waals surface area contributed by atoms with E-state index in [4.69, 9.17) is 17.3 Å². The van der Waals surface area contributed by atoms with E-state index in [2.05, 4.69) is 31.2 Å². The topological polar surface area (TPSA) is 80.9 Å². The molecule has 0 aliphatic rings. The molecule has 3 N–H and O–H groups in total. The van der Waals surface area contributed by atoms with Crippen molar-refractivity contribution in [3.8, 4) is 0 Å². The molecule has 0 saturated heterocycles. The number of hydrogen-bond acceptors (Lipinski definition) is 4. The predicted octanol–water partition coefficient (Wildman–Crippen LogP) is 3.04. The Kier molecular flexibility index (Phi) is 4.01. The normalized spacial score (nSPS) is 10.3. The first-order valence-corrected chi connectivity index (χ1v) is 6.50. The van der Waals surface area contributed by atoms with Crippen molar-refractivity contribution in [1.82, 2.24) is 9.97 Å². The zero-order valence-corrected chi connectivity index (χ0v) is 12.3. The molecule has 2 aromatic heterocycles. The molecule has 5 nitrogen and oxygen atoms in total. The van der Waals surface area contributed by atoms with Crippen LogP contribution in [-0.4, -0.2) is 15.9 Å². The maximum Gasteiger partial charge on any atom is 0.260 e. The highest BCUT2D eigenvalue weighted by Crippen LogP contribution is 2.19. The summed E-state index contributed by atoms with van der Waals surface area (Å²) in [6.07, 6.45) is 1.39. The summed E-state index contributed by atoms with van der Waals surface area (Å²) in [5, 5.41) is 2.74. The average Bonchev–Trinajstić information content (AvgIpc) is 2.36. The molecule has 0 aliphatic heterocycles. The van der Waals surface area contributed by atoms with Gasteiger partial charge >= 0.3 is 0 Å². The molecule has 0 unspecified atom stereocenters. The average molecular weight is 342 g/mol. The van der Waals surface area contributed by atoms with Crippen LogP contribution in [0.2, 0.25) is 5.15 Å². The van der Waals surface area contributed by atoms with Gasteiger partial charge in [-0.2, -0.15) is 0 Å². The van der Waals surface area contributed by atoms with Crippen molar-refractivity contribution in [1.29, 1.82) is 0 Å². The van der Waals surface area contributed by atoms with Gasteiger partial charge in [0.25, 0.3) is 5.91 Å². The van der Waals surface area contributed by atoms with Crippen molar-refractivity contribution in [3.63, 3.8) is 0 Å². The third kappa shape index (κ3) is 3.21. The minimum Gasteiger partial charge on any atom is -0.397 e. The van der Waals surface area contributed by atoms with E-state index in [0.29, 0.717) is 11.5 Å². The minimum atomic E-state index is -0.404. The standard InChI is InChI=1S/C12H10BrClN4O/c1-6-9(13)2-3-10(17-6)18-12(19)8-4-7(15)5-16-11(8)14/h2-5H,15H2,1H3,(H,17,18,19). The van der Waals surface area contributed by atoms with Crippen LogP contribution in [0.5, 0.6) is 0 Å². The van der Waals surface area contributed by atoms with Crippen LogP contribution in [0.25, 0.3) is 0 Å². The number of nitrogens with zero attached hydrogens (tertiary/aromatic N) is 2.